The average molecular weight is 567 g/mol. The monoisotopic (exact) mass is 566 g/mol. The Hall–Kier alpha value is -4.72. The Bertz CT molecular complexity index is 1590. The van der Waals surface area contributed by atoms with Gasteiger partial charge in [-0.25, -0.2) is 4.79 Å². The molecule has 0 bridgehead atoms. The van der Waals surface area contributed by atoms with Crippen LogP contribution in [0.15, 0.2) is 79.0 Å². The predicted octanol–water partition coefficient (Wildman–Crippen LogP) is 6.88. The van der Waals surface area contributed by atoms with Gasteiger partial charge in [-0.3, -0.25) is 9.69 Å². The molecule has 4 aromatic rings. The van der Waals surface area contributed by atoms with Gasteiger partial charge >= 0.3 is 6.03 Å². The van der Waals surface area contributed by atoms with E-state index in [2.05, 4.69) is 16.8 Å². The number of carbonyl (C=O) groups excluding carboxylic acids is 2. The van der Waals surface area contributed by atoms with Crippen LogP contribution >= 0.6 is 0 Å². The van der Waals surface area contributed by atoms with Gasteiger partial charge in [0.25, 0.3) is 0 Å². The van der Waals surface area contributed by atoms with E-state index >= 15 is 0 Å². The topological polar surface area (TPSA) is 76.0 Å². The van der Waals surface area contributed by atoms with Crippen LogP contribution in [0.1, 0.15) is 48.2 Å². The van der Waals surface area contributed by atoms with Gasteiger partial charge in [-0.2, -0.15) is 0 Å². The zero-order valence-corrected chi connectivity index (χ0v) is 24.9. The summed E-state index contributed by atoms with van der Waals surface area (Å²) in [7, 11) is 3.24. The van der Waals surface area contributed by atoms with Crippen LogP contribution in [0, 0.1) is 13.8 Å². The molecule has 3 aromatic carbocycles. The Morgan fingerprint density at radius 2 is 1.71 bits per heavy atom. The summed E-state index contributed by atoms with van der Waals surface area (Å²) in [5.74, 6) is 1.10. The lowest BCUT2D eigenvalue weighted by Crippen LogP contribution is -2.48. The van der Waals surface area contributed by atoms with Gasteiger partial charge < -0.3 is 24.3 Å². The second-order valence-electron chi connectivity index (χ2n) is 10.5. The zero-order valence-electron chi connectivity index (χ0n) is 24.9. The molecule has 0 saturated carbocycles. The second-order valence-corrected chi connectivity index (χ2v) is 10.5. The summed E-state index contributed by atoms with van der Waals surface area (Å²) in [5.41, 5.74) is 6.19. The summed E-state index contributed by atoms with van der Waals surface area (Å²) < 4.78 is 13.5. The average Bonchev–Trinajstić information content (AvgIpc) is 3.50. The number of urea groups is 1. The minimum atomic E-state index is -0.512. The fourth-order valence-electron chi connectivity index (χ4n) is 5.53. The van der Waals surface area contributed by atoms with E-state index in [0.717, 1.165) is 52.3 Å². The largest absolute Gasteiger partial charge is 0.497 e. The first-order valence-electron chi connectivity index (χ1n) is 14.3. The summed E-state index contributed by atoms with van der Waals surface area (Å²) in [6, 6.07) is 22.5. The lowest BCUT2D eigenvalue weighted by molar-refractivity contribution is -0.119. The Labute approximate surface area is 247 Å². The summed E-state index contributed by atoms with van der Waals surface area (Å²) >= 11 is 0. The first-order valence-corrected chi connectivity index (χ1v) is 14.3. The lowest BCUT2D eigenvalue weighted by Gasteiger charge is -2.40. The van der Waals surface area contributed by atoms with Crippen LogP contribution in [0.4, 0.5) is 16.2 Å². The smallest absolute Gasteiger partial charge is 0.322 e. The number of nitrogens with zero attached hydrogens (tertiary/aromatic N) is 3. The quantitative estimate of drug-likeness (QED) is 0.240. The highest BCUT2D eigenvalue weighted by Gasteiger charge is 2.38. The van der Waals surface area contributed by atoms with E-state index < -0.39 is 6.04 Å². The highest BCUT2D eigenvalue weighted by molar-refractivity contribution is 6.01. The zero-order chi connectivity index (χ0) is 29.8. The molecule has 0 fully saturated rings. The number of nitrogens with one attached hydrogen (secondary N) is 1. The van der Waals surface area contributed by atoms with Gasteiger partial charge in [0, 0.05) is 24.0 Å². The molecule has 42 heavy (non-hydrogen) atoms. The van der Waals surface area contributed by atoms with E-state index in [-0.39, 0.29) is 18.5 Å². The van der Waals surface area contributed by atoms with Crippen molar-refractivity contribution in [2.75, 3.05) is 37.5 Å². The Kier molecular flexibility index (Phi) is 8.52. The van der Waals surface area contributed by atoms with E-state index in [1.165, 1.54) is 0 Å². The van der Waals surface area contributed by atoms with E-state index in [0.29, 0.717) is 18.0 Å². The summed E-state index contributed by atoms with van der Waals surface area (Å²) in [6.45, 7) is 6.44. The molecule has 0 aliphatic carbocycles. The van der Waals surface area contributed by atoms with Gasteiger partial charge in [-0.15, -0.1) is 0 Å². The van der Waals surface area contributed by atoms with Gasteiger partial charge in [0.1, 0.15) is 24.1 Å². The van der Waals surface area contributed by atoms with E-state index in [1.54, 1.807) is 24.0 Å². The SMILES string of the molecule is CCCCN(CC(=O)N1c2ccccc2-n2cccc2C1c1cc(OC)ccc1OC)C(=O)Nc1cccc(C)c1C. The number of aryl methyl sites for hydroxylation is 1. The molecule has 8 nitrogen and oxygen atoms in total. The summed E-state index contributed by atoms with van der Waals surface area (Å²) in [4.78, 5) is 31.6. The van der Waals surface area contributed by atoms with Gasteiger partial charge in [0.15, 0.2) is 0 Å². The van der Waals surface area contributed by atoms with Gasteiger partial charge in [0.05, 0.1) is 31.3 Å². The van der Waals surface area contributed by atoms with Crippen LogP contribution in [0.5, 0.6) is 11.5 Å². The van der Waals surface area contributed by atoms with E-state index in [1.807, 2.05) is 92.8 Å². The molecule has 8 heteroatoms. The van der Waals surface area contributed by atoms with Crippen molar-refractivity contribution in [1.82, 2.24) is 9.47 Å². The van der Waals surface area contributed by atoms with Crippen LogP contribution in [0.25, 0.3) is 5.69 Å². The number of unbranched alkanes of at least 4 members (excludes halogenated alkanes) is 1. The van der Waals surface area contributed by atoms with Crippen molar-refractivity contribution in [2.24, 2.45) is 0 Å². The van der Waals surface area contributed by atoms with Crippen molar-refractivity contribution in [3.8, 4) is 17.2 Å². The lowest BCUT2D eigenvalue weighted by atomic mass is 9.96. The van der Waals surface area contributed by atoms with Crippen LogP contribution in [-0.2, 0) is 4.79 Å². The number of para-hydroxylation sites is 2. The molecule has 5 rings (SSSR count). The van der Waals surface area contributed by atoms with Crippen LogP contribution in [0.3, 0.4) is 0 Å². The minimum Gasteiger partial charge on any atom is -0.497 e. The Balaban J connectivity index is 1.56. The number of aromatic nitrogens is 1. The number of fused-ring (bicyclic) bond motifs is 3. The number of rotatable bonds is 9. The third-order valence-corrected chi connectivity index (χ3v) is 7.96. The molecule has 1 aliphatic heterocycles. The van der Waals surface area contributed by atoms with Crippen LogP contribution < -0.4 is 19.7 Å². The van der Waals surface area contributed by atoms with E-state index in [4.69, 9.17) is 9.47 Å². The van der Waals surface area contributed by atoms with Gasteiger partial charge in [-0.05, 0) is 79.9 Å². The first kappa shape index (κ1) is 28.8. The molecule has 1 atom stereocenters. The molecule has 1 aliphatic rings. The van der Waals surface area contributed by atoms with Gasteiger partial charge in [0.2, 0.25) is 5.91 Å². The number of amides is 3. The van der Waals surface area contributed by atoms with Crippen LogP contribution in [0.2, 0.25) is 0 Å². The van der Waals surface area contributed by atoms with Crippen molar-refractivity contribution in [2.45, 2.75) is 39.7 Å². The highest BCUT2D eigenvalue weighted by Crippen LogP contribution is 2.45. The molecular weight excluding hydrogens is 528 g/mol. The second kappa shape index (κ2) is 12.4. The Morgan fingerprint density at radius 3 is 2.45 bits per heavy atom. The molecule has 1 aromatic heterocycles. The van der Waals surface area contributed by atoms with Crippen molar-refractivity contribution in [3.05, 3.63) is 101 Å². The number of carbonyl (C=O) groups is 2. The van der Waals surface area contributed by atoms with Crippen molar-refractivity contribution in [1.29, 1.82) is 0 Å². The number of ether oxygens (including phenoxy) is 2. The molecule has 0 radical (unpaired) electrons. The molecule has 1 unspecified atom stereocenters. The number of hydrogen-bond acceptors (Lipinski definition) is 4. The predicted molar refractivity (Wildman–Crippen MR) is 166 cm³/mol. The highest BCUT2D eigenvalue weighted by atomic mass is 16.5. The van der Waals surface area contributed by atoms with Crippen LogP contribution in [-0.4, -0.2) is 48.7 Å². The summed E-state index contributed by atoms with van der Waals surface area (Å²) in [5, 5.41) is 3.05. The molecule has 1 N–H and O–H groups in total. The number of hydrogen-bond donors (Lipinski definition) is 1. The third-order valence-electron chi connectivity index (χ3n) is 7.96. The summed E-state index contributed by atoms with van der Waals surface area (Å²) in [6.07, 6.45) is 3.67. The maximum atomic E-state index is 14.5. The van der Waals surface area contributed by atoms with Crippen molar-refractivity contribution < 1.29 is 19.1 Å². The van der Waals surface area contributed by atoms with Crippen molar-refractivity contribution >= 4 is 23.3 Å². The van der Waals surface area contributed by atoms with Gasteiger partial charge in [-0.1, -0.05) is 37.6 Å². The number of anilines is 2. The molecule has 0 saturated heterocycles. The maximum absolute atomic E-state index is 14.5. The number of methoxy groups -OCH3 is 2. The fourth-order valence-corrected chi connectivity index (χ4v) is 5.53. The van der Waals surface area contributed by atoms with Crippen molar-refractivity contribution in [3.63, 3.8) is 0 Å². The molecular formula is C34H38N4O4. The molecule has 3 amide bonds. The molecule has 0 spiro atoms. The standard InChI is InChI=1S/C34H38N4O4/c1-6-7-19-36(34(40)35-27-13-10-12-23(2)24(27)3)22-32(39)38-29-15-9-8-14-28(29)37-20-11-16-30(37)33(38)26-21-25(41-4)17-18-31(26)42-5/h8-18,20-21,33H,6-7,19,22H2,1-5H3,(H,35,40). The Morgan fingerprint density at radius 1 is 0.929 bits per heavy atom. The third kappa shape index (κ3) is 5.44. The maximum Gasteiger partial charge on any atom is 0.322 e. The normalized spacial score (nSPS) is 13.6. The number of benzene rings is 3. The first-order chi connectivity index (χ1) is 20.4. The fraction of sp³-hybridized carbons (Fsp3) is 0.294. The minimum absolute atomic E-state index is 0.0888. The molecule has 218 valence electrons. The van der Waals surface area contributed by atoms with E-state index in [9.17, 15) is 9.59 Å². The molecule has 2 heterocycles.